The zero-order valence-electron chi connectivity index (χ0n) is 7.47. The van der Waals surface area contributed by atoms with Crippen LogP contribution in [0.2, 0.25) is 0 Å². The minimum absolute atomic E-state index is 0.298. The third-order valence-electron chi connectivity index (χ3n) is 1.87. The lowest BCUT2D eigenvalue weighted by atomic mass is 10.0. The lowest BCUT2D eigenvalue weighted by molar-refractivity contribution is 0.599. The summed E-state index contributed by atoms with van der Waals surface area (Å²) in [7, 11) is 0. The molecule has 0 heterocycles. The van der Waals surface area contributed by atoms with Crippen LogP contribution in [0.25, 0.3) is 0 Å². The number of hydrogen-bond acceptors (Lipinski definition) is 0. The Morgan fingerprint density at radius 3 is 2.64 bits per heavy atom. The van der Waals surface area contributed by atoms with Crippen LogP contribution in [0, 0.1) is 18.3 Å². The van der Waals surface area contributed by atoms with Crippen molar-refractivity contribution in [2.24, 2.45) is 5.92 Å². The van der Waals surface area contributed by atoms with E-state index in [4.69, 9.17) is 6.42 Å². The van der Waals surface area contributed by atoms with Crippen molar-refractivity contribution in [2.45, 2.75) is 39.0 Å². The highest BCUT2D eigenvalue weighted by atomic mass is 14.0. The Hall–Kier alpha value is -0.700. The van der Waals surface area contributed by atoms with Crippen LogP contribution >= 0.6 is 0 Å². The standard InChI is InChI=1S/C11H18/c1-4-7-8-9-10-11(5-2)6-3/h2,6,11H,3-4,7-10H2,1H3. The molecule has 0 saturated carbocycles. The monoisotopic (exact) mass is 150 g/mol. The van der Waals surface area contributed by atoms with Crippen molar-refractivity contribution in [1.82, 2.24) is 0 Å². The fourth-order valence-electron chi connectivity index (χ4n) is 1.06. The highest BCUT2D eigenvalue weighted by Gasteiger charge is 1.97. The zero-order chi connectivity index (χ0) is 8.53. The quantitative estimate of drug-likeness (QED) is 0.309. The van der Waals surface area contributed by atoms with Crippen LogP contribution in [0.4, 0.5) is 0 Å². The minimum Gasteiger partial charge on any atom is -0.119 e. The van der Waals surface area contributed by atoms with Gasteiger partial charge in [0.15, 0.2) is 0 Å². The van der Waals surface area contributed by atoms with E-state index in [1.807, 2.05) is 6.08 Å². The van der Waals surface area contributed by atoms with Crippen LogP contribution in [-0.2, 0) is 0 Å². The van der Waals surface area contributed by atoms with Gasteiger partial charge in [-0.1, -0.05) is 44.6 Å². The predicted molar refractivity (Wildman–Crippen MR) is 51.3 cm³/mol. The zero-order valence-corrected chi connectivity index (χ0v) is 7.47. The summed E-state index contributed by atoms with van der Waals surface area (Å²) in [4.78, 5) is 0. The maximum absolute atomic E-state index is 5.28. The SMILES string of the molecule is C#CC(C=C)CCCCCC. The molecule has 0 aromatic heterocycles. The van der Waals surface area contributed by atoms with E-state index in [1.165, 1.54) is 25.7 Å². The third-order valence-corrected chi connectivity index (χ3v) is 1.87. The maximum Gasteiger partial charge on any atom is 0.0377 e. The average molecular weight is 150 g/mol. The molecule has 0 amide bonds. The summed E-state index contributed by atoms with van der Waals surface area (Å²) in [6, 6.07) is 0. The van der Waals surface area contributed by atoms with Gasteiger partial charge in [-0.3, -0.25) is 0 Å². The molecule has 1 atom stereocenters. The summed E-state index contributed by atoms with van der Waals surface area (Å²) in [6.07, 6.45) is 13.4. The van der Waals surface area contributed by atoms with E-state index in [0.29, 0.717) is 5.92 Å². The summed E-state index contributed by atoms with van der Waals surface area (Å²) in [5, 5.41) is 0. The van der Waals surface area contributed by atoms with Crippen molar-refractivity contribution in [3.63, 3.8) is 0 Å². The summed E-state index contributed by atoms with van der Waals surface area (Å²) in [6.45, 7) is 5.90. The van der Waals surface area contributed by atoms with E-state index >= 15 is 0 Å². The van der Waals surface area contributed by atoms with Crippen molar-refractivity contribution < 1.29 is 0 Å². The molecule has 1 unspecified atom stereocenters. The molecule has 0 aliphatic rings. The van der Waals surface area contributed by atoms with Crippen molar-refractivity contribution in [1.29, 1.82) is 0 Å². The first-order chi connectivity index (χ1) is 5.35. The van der Waals surface area contributed by atoms with E-state index in [0.717, 1.165) is 6.42 Å². The Kier molecular flexibility index (Phi) is 6.94. The fourth-order valence-corrected chi connectivity index (χ4v) is 1.06. The van der Waals surface area contributed by atoms with Crippen molar-refractivity contribution in [3.8, 4) is 12.3 Å². The summed E-state index contributed by atoms with van der Waals surface area (Å²) >= 11 is 0. The summed E-state index contributed by atoms with van der Waals surface area (Å²) < 4.78 is 0. The van der Waals surface area contributed by atoms with Gasteiger partial charge in [0.2, 0.25) is 0 Å². The molecular formula is C11H18. The van der Waals surface area contributed by atoms with Gasteiger partial charge in [0.05, 0.1) is 0 Å². The van der Waals surface area contributed by atoms with Gasteiger partial charge in [-0.25, -0.2) is 0 Å². The van der Waals surface area contributed by atoms with E-state index in [2.05, 4.69) is 19.4 Å². The second kappa shape index (κ2) is 7.41. The second-order valence-corrected chi connectivity index (χ2v) is 2.86. The topological polar surface area (TPSA) is 0 Å². The summed E-state index contributed by atoms with van der Waals surface area (Å²) in [5.41, 5.74) is 0. The van der Waals surface area contributed by atoms with Gasteiger partial charge >= 0.3 is 0 Å². The molecule has 0 nitrogen and oxygen atoms in total. The number of terminal acetylenes is 1. The smallest absolute Gasteiger partial charge is 0.0377 e. The van der Waals surface area contributed by atoms with Gasteiger partial charge < -0.3 is 0 Å². The first-order valence-electron chi connectivity index (χ1n) is 4.43. The Labute approximate surface area is 70.7 Å². The fraction of sp³-hybridized carbons (Fsp3) is 0.636. The molecule has 62 valence electrons. The molecule has 0 N–H and O–H groups in total. The lowest BCUT2D eigenvalue weighted by Crippen LogP contribution is -1.90. The molecule has 0 spiro atoms. The van der Waals surface area contributed by atoms with Gasteiger partial charge in [-0.15, -0.1) is 13.0 Å². The van der Waals surface area contributed by atoms with Gasteiger partial charge in [0, 0.05) is 5.92 Å². The molecule has 0 aromatic rings. The molecule has 0 radical (unpaired) electrons. The second-order valence-electron chi connectivity index (χ2n) is 2.86. The Morgan fingerprint density at radius 1 is 1.45 bits per heavy atom. The molecule has 0 fully saturated rings. The minimum atomic E-state index is 0.298. The van der Waals surface area contributed by atoms with Crippen LogP contribution in [0.15, 0.2) is 12.7 Å². The first-order valence-corrected chi connectivity index (χ1v) is 4.43. The van der Waals surface area contributed by atoms with Crippen molar-refractivity contribution in [3.05, 3.63) is 12.7 Å². The number of rotatable bonds is 6. The van der Waals surface area contributed by atoms with Gasteiger partial charge in [-0.2, -0.15) is 0 Å². The van der Waals surface area contributed by atoms with Crippen molar-refractivity contribution in [2.75, 3.05) is 0 Å². The highest BCUT2D eigenvalue weighted by molar-refractivity contribution is 5.01. The van der Waals surface area contributed by atoms with Gasteiger partial charge in [0.1, 0.15) is 0 Å². The van der Waals surface area contributed by atoms with E-state index in [9.17, 15) is 0 Å². The normalized spacial score (nSPS) is 12.0. The largest absolute Gasteiger partial charge is 0.119 e. The van der Waals surface area contributed by atoms with Crippen LogP contribution in [0.3, 0.4) is 0 Å². The summed E-state index contributed by atoms with van der Waals surface area (Å²) in [5.74, 6) is 3.01. The Balaban J connectivity index is 3.23. The van der Waals surface area contributed by atoms with Crippen molar-refractivity contribution >= 4 is 0 Å². The Bertz CT molecular complexity index is 127. The molecular weight excluding hydrogens is 132 g/mol. The first kappa shape index (κ1) is 10.3. The van der Waals surface area contributed by atoms with Crippen LogP contribution in [0.5, 0.6) is 0 Å². The van der Waals surface area contributed by atoms with Crippen LogP contribution < -0.4 is 0 Å². The number of hydrogen-bond donors (Lipinski definition) is 0. The Morgan fingerprint density at radius 2 is 2.18 bits per heavy atom. The van der Waals surface area contributed by atoms with Gasteiger partial charge in [-0.05, 0) is 6.42 Å². The predicted octanol–water partition coefficient (Wildman–Crippen LogP) is 3.39. The van der Waals surface area contributed by atoms with Crippen LogP contribution in [-0.4, -0.2) is 0 Å². The maximum atomic E-state index is 5.28. The van der Waals surface area contributed by atoms with E-state index in [1.54, 1.807) is 0 Å². The molecule has 0 aromatic carbocycles. The number of unbranched alkanes of at least 4 members (excludes halogenated alkanes) is 3. The molecule has 0 bridgehead atoms. The molecule has 0 aliphatic carbocycles. The number of allylic oxidation sites excluding steroid dienone is 1. The highest BCUT2D eigenvalue weighted by Crippen LogP contribution is 2.10. The van der Waals surface area contributed by atoms with Crippen LogP contribution in [0.1, 0.15) is 39.0 Å². The van der Waals surface area contributed by atoms with E-state index < -0.39 is 0 Å². The van der Waals surface area contributed by atoms with E-state index in [-0.39, 0.29) is 0 Å². The molecule has 11 heavy (non-hydrogen) atoms. The lowest BCUT2D eigenvalue weighted by Gasteiger charge is -2.02. The average Bonchev–Trinajstić information content (AvgIpc) is 2.05. The van der Waals surface area contributed by atoms with Gasteiger partial charge in [0.25, 0.3) is 0 Å². The molecule has 0 aliphatic heterocycles. The molecule has 0 rings (SSSR count). The third kappa shape index (κ3) is 5.73. The molecule has 0 heteroatoms. The molecule has 0 saturated heterocycles.